The second kappa shape index (κ2) is 6.69. The zero-order chi connectivity index (χ0) is 20.0. The summed E-state index contributed by atoms with van der Waals surface area (Å²) in [6.07, 6.45) is 6.25. The maximum absolute atomic E-state index is 13.2. The van der Waals surface area contributed by atoms with Gasteiger partial charge in [0.25, 0.3) is 5.91 Å². The van der Waals surface area contributed by atoms with Crippen molar-refractivity contribution in [2.45, 2.75) is 30.7 Å². The molecule has 3 aromatic rings. The Morgan fingerprint density at radius 1 is 1.17 bits per heavy atom. The number of aromatic nitrogens is 3. The zero-order valence-corrected chi connectivity index (χ0v) is 16.2. The van der Waals surface area contributed by atoms with Crippen molar-refractivity contribution >= 4 is 23.0 Å². The first-order chi connectivity index (χ1) is 14.1. The molecule has 1 saturated carbocycles. The lowest BCUT2D eigenvalue weighted by Crippen LogP contribution is -2.41. The molecule has 1 aromatic carbocycles. The minimum Gasteiger partial charge on any atom is -0.468 e. The van der Waals surface area contributed by atoms with Crippen LogP contribution in [-0.4, -0.2) is 51.5 Å². The molecule has 29 heavy (non-hydrogen) atoms. The van der Waals surface area contributed by atoms with E-state index in [1.165, 1.54) is 7.11 Å². The van der Waals surface area contributed by atoms with Crippen LogP contribution in [0, 0.1) is 0 Å². The van der Waals surface area contributed by atoms with Crippen molar-refractivity contribution in [1.29, 1.82) is 0 Å². The minimum absolute atomic E-state index is 0.137. The van der Waals surface area contributed by atoms with E-state index in [4.69, 9.17) is 4.74 Å². The Balaban J connectivity index is 1.43. The van der Waals surface area contributed by atoms with Gasteiger partial charge in [-0.3, -0.25) is 9.59 Å². The number of nitrogens with zero attached hydrogens (tertiary/aromatic N) is 4. The summed E-state index contributed by atoms with van der Waals surface area (Å²) in [5.74, 6) is -0.446. The second-order valence-electron chi connectivity index (χ2n) is 7.87. The first-order valence-electron chi connectivity index (χ1n) is 9.88. The number of methoxy groups -OCH3 is 1. The van der Waals surface area contributed by atoms with Gasteiger partial charge in [0.15, 0.2) is 5.65 Å². The van der Waals surface area contributed by atoms with Gasteiger partial charge >= 0.3 is 5.97 Å². The van der Waals surface area contributed by atoms with Crippen molar-refractivity contribution in [2.24, 2.45) is 0 Å². The molecule has 1 saturated heterocycles. The first kappa shape index (κ1) is 17.8. The van der Waals surface area contributed by atoms with Gasteiger partial charge in [-0.25, -0.2) is 9.97 Å². The lowest BCUT2D eigenvalue weighted by Gasteiger charge is -2.27. The van der Waals surface area contributed by atoms with Crippen LogP contribution in [-0.2, 0) is 14.9 Å². The van der Waals surface area contributed by atoms with Crippen molar-refractivity contribution in [1.82, 2.24) is 19.4 Å². The van der Waals surface area contributed by atoms with Gasteiger partial charge in [-0.15, -0.1) is 0 Å². The number of esters is 1. The van der Waals surface area contributed by atoms with Crippen LogP contribution in [0.5, 0.6) is 0 Å². The summed E-state index contributed by atoms with van der Waals surface area (Å²) < 4.78 is 7.19. The first-order valence-corrected chi connectivity index (χ1v) is 9.88. The van der Waals surface area contributed by atoms with Crippen LogP contribution in [0.2, 0.25) is 0 Å². The predicted octanol–water partition coefficient (Wildman–Crippen LogP) is 2.72. The number of hydrogen-bond acceptors (Lipinski definition) is 5. The Hall–Kier alpha value is -3.22. The largest absolute Gasteiger partial charge is 0.468 e. The number of carbonyl (C=O) groups excluding carboxylic acids is 2. The van der Waals surface area contributed by atoms with E-state index in [-0.39, 0.29) is 18.4 Å². The molecule has 0 bridgehead atoms. The number of amides is 1. The number of pyridine rings is 1. The molecule has 1 atom stereocenters. The molecular formula is C22H22N4O3. The predicted molar refractivity (Wildman–Crippen MR) is 106 cm³/mol. The fourth-order valence-electron chi connectivity index (χ4n) is 4.29. The van der Waals surface area contributed by atoms with E-state index in [0.29, 0.717) is 24.6 Å². The van der Waals surface area contributed by atoms with Crippen molar-refractivity contribution in [3.8, 4) is 0 Å². The zero-order valence-electron chi connectivity index (χ0n) is 16.2. The van der Waals surface area contributed by atoms with Gasteiger partial charge in [0.05, 0.1) is 19.0 Å². The van der Waals surface area contributed by atoms with Crippen LogP contribution in [0.3, 0.4) is 0 Å². The maximum Gasteiger partial charge on any atom is 0.318 e. The van der Waals surface area contributed by atoms with Gasteiger partial charge in [0, 0.05) is 25.3 Å². The summed E-state index contributed by atoms with van der Waals surface area (Å²) in [4.78, 5) is 36.5. The third kappa shape index (κ3) is 2.88. The molecule has 2 fully saturated rings. The average Bonchev–Trinajstić information content (AvgIpc) is 3.36. The number of carbonyl (C=O) groups is 2. The van der Waals surface area contributed by atoms with Crippen LogP contribution < -0.4 is 0 Å². The number of hydrogen-bond donors (Lipinski definition) is 0. The molecule has 5 rings (SSSR count). The topological polar surface area (TPSA) is 77.3 Å². The SMILES string of the molecule is COC(=O)C1(c2ccccc2)CCN(C(=O)c2cnc3c(c2)ncn3C2CC2)C1. The normalized spacial score (nSPS) is 21.5. The fraction of sp³-hybridized carbons (Fsp3) is 0.364. The van der Waals surface area contributed by atoms with E-state index in [1.54, 1.807) is 23.5 Å². The molecule has 1 unspecified atom stereocenters. The number of fused-ring (bicyclic) bond motifs is 1. The molecule has 1 aliphatic carbocycles. The van der Waals surface area contributed by atoms with Crippen LogP contribution in [0.1, 0.15) is 41.2 Å². The van der Waals surface area contributed by atoms with Gasteiger partial charge < -0.3 is 14.2 Å². The van der Waals surface area contributed by atoms with Crippen LogP contribution in [0.15, 0.2) is 48.9 Å². The Labute approximate surface area is 168 Å². The summed E-state index contributed by atoms with van der Waals surface area (Å²) in [5.41, 5.74) is 2.07. The Morgan fingerprint density at radius 2 is 1.97 bits per heavy atom. The molecule has 7 heteroatoms. The van der Waals surface area contributed by atoms with Crippen LogP contribution >= 0.6 is 0 Å². The highest BCUT2D eigenvalue weighted by Gasteiger charge is 2.48. The van der Waals surface area contributed by atoms with Crippen molar-refractivity contribution < 1.29 is 14.3 Å². The van der Waals surface area contributed by atoms with Crippen LogP contribution in [0.25, 0.3) is 11.2 Å². The molecule has 1 aliphatic heterocycles. The summed E-state index contributed by atoms with van der Waals surface area (Å²) in [6, 6.07) is 11.8. The molecular weight excluding hydrogens is 368 g/mol. The summed E-state index contributed by atoms with van der Waals surface area (Å²) in [6.45, 7) is 0.772. The van der Waals surface area contributed by atoms with E-state index in [0.717, 1.165) is 29.6 Å². The monoisotopic (exact) mass is 390 g/mol. The van der Waals surface area contributed by atoms with Crippen molar-refractivity contribution in [3.63, 3.8) is 0 Å². The van der Waals surface area contributed by atoms with Gasteiger partial charge in [-0.2, -0.15) is 0 Å². The fourth-order valence-corrected chi connectivity index (χ4v) is 4.29. The molecule has 0 spiro atoms. The standard InChI is InChI=1S/C22H22N4O3/c1-29-21(28)22(16-5-3-2-4-6-16)9-10-25(13-22)20(27)15-11-18-19(23-12-15)26(14-24-18)17-7-8-17/h2-6,11-12,14,17H,7-10,13H2,1H3. The maximum atomic E-state index is 13.2. The van der Waals surface area contributed by atoms with E-state index < -0.39 is 5.41 Å². The summed E-state index contributed by atoms with van der Waals surface area (Å²) in [5, 5.41) is 0. The molecule has 1 amide bonds. The Morgan fingerprint density at radius 3 is 2.69 bits per heavy atom. The molecule has 7 nitrogen and oxygen atoms in total. The molecule has 2 aliphatic rings. The number of imidazole rings is 1. The molecule has 148 valence electrons. The average molecular weight is 390 g/mol. The van der Waals surface area contributed by atoms with Gasteiger partial charge in [0.1, 0.15) is 10.9 Å². The van der Waals surface area contributed by atoms with E-state index >= 15 is 0 Å². The summed E-state index contributed by atoms with van der Waals surface area (Å²) >= 11 is 0. The lowest BCUT2D eigenvalue weighted by molar-refractivity contribution is -0.147. The second-order valence-corrected chi connectivity index (χ2v) is 7.87. The molecule has 0 N–H and O–H groups in total. The van der Waals surface area contributed by atoms with E-state index in [1.807, 2.05) is 30.3 Å². The molecule has 2 aromatic heterocycles. The highest BCUT2D eigenvalue weighted by atomic mass is 16.5. The van der Waals surface area contributed by atoms with Gasteiger partial charge in [-0.05, 0) is 30.9 Å². The minimum atomic E-state index is -0.837. The number of rotatable bonds is 4. The van der Waals surface area contributed by atoms with E-state index in [2.05, 4.69) is 14.5 Å². The highest BCUT2D eigenvalue weighted by molar-refractivity contribution is 5.97. The number of benzene rings is 1. The summed E-state index contributed by atoms with van der Waals surface area (Å²) in [7, 11) is 1.39. The van der Waals surface area contributed by atoms with E-state index in [9.17, 15) is 9.59 Å². The third-order valence-electron chi connectivity index (χ3n) is 6.06. The van der Waals surface area contributed by atoms with Crippen molar-refractivity contribution in [3.05, 3.63) is 60.0 Å². The van der Waals surface area contributed by atoms with Crippen molar-refractivity contribution in [2.75, 3.05) is 20.2 Å². The Bertz CT molecular complexity index is 1090. The lowest BCUT2D eigenvalue weighted by atomic mass is 9.79. The van der Waals surface area contributed by atoms with Gasteiger partial charge in [0.2, 0.25) is 0 Å². The quantitative estimate of drug-likeness (QED) is 0.640. The van der Waals surface area contributed by atoms with Crippen LogP contribution in [0.4, 0.5) is 0 Å². The smallest absolute Gasteiger partial charge is 0.318 e. The molecule has 0 radical (unpaired) electrons. The van der Waals surface area contributed by atoms with Gasteiger partial charge in [-0.1, -0.05) is 30.3 Å². The number of likely N-dealkylation sites (tertiary alicyclic amines) is 1. The highest BCUT2D eigenvalue weighted by Crippen LogP contribution is 2.38. The number of ether oxygens (including phenoxy) is 1. The molecule has 3 heterocycles. The Kier molecular flexibility index (Phi) is 4.12. The third-order valence-corrected chi connectivity index (χ3v) is 6.06.